The summed E-state index contributed by atoms with van der Waals surface area (Å²) in [5.41, 5.74) is 2.75. The number of benzene rings is 2. The van der Waals surface area contributed by atoms with Gasteiger partial charge in [-0.2, -0.15) is 5.26 Å². The van der Waals surface area contributed by atoms with Crippen molar-refractivity contribution in [2.24, 2.45) is 0 Å². The summed E-state index contributed by atoms with van der Waals surface area (Å²) >= 11 is 0. The first-order valence-electron chi connectivity index (χ1n) is 10.6. The Kier molecular flexibility index (Phi) is 5.85. The average Bonchev–Trinajstić information content (AvgIpc) is 3.43. The number of aromatic nitrogens is 2. The molecule has 4 atom stereocenters. The number of nitriles is 1. The number of nitrogens with zero attached hydrogens (tertiary/aromatic N) is 3. The van der Waals surface area contributed by atoms with E-state index in [0.717, 1.165) is 5.56 Å². The highest BCUT2D eigenvalue weighted by atomic mass is 16.6. The van der Waals surface area contributed by atoms with Crippen LogP contribution in [0.3, 0.4) is 0 Å². The van der Waals surface area contributed by atoms with E-state index >= 15 is 0 Å². The van der Waals surface area contributed by atoms with E-state index in [1.807, 2.05) is 30.3 Å². The monoisotopic (exact) mass is 443 g/mol. The molecule has 2 aliphatic heterocycles. The van der Waals surface area contributed by atoms with Gasteiger partial charge in [0.25, 0.3) is 0 Å². The largest absolute Gasteiger partial charge is 0.441 e. The van der Waals surface area contributed by atoms with Gasteiger partial charge < -0.3 is 19.5 Å². The highest BCUT2D eigenvalue weighted by Gasteiger charge is 2.49. The average molecular weight is 443 g/mol. The van der Waals surface area contributed by atoms with Gasteiger partial charge >= 0.3 is 6.09 Å². The Labute approximate surface area is 190 Å². The molecule has 1 amide bonds. The molecule has 0 bridgehead atoms. The van der Waals surface area contributed by atoms with Gasteiger partial charge in [-0.25, -0.2) is 14.8 Å². The van der Waals surface area contributed by atoms with Crippen molar-refractivity contribution >= 4 is 17.7 Å². The summed E-state index contributed by atoms with van der Waals surface area (Å²) in [6, 6.07) is 20.1. The second-order valence-electron chi connectivity index (χ2n) is 7.74. The van der Waals surface area contributed by atoms with Gasteiger partial charge in [-0.1, -0.05) is 30.3 Å². The van der Waals surface area contributed by atoms with Crippen molar-refractivity contribution in [1.29, 1.82) is 5.26 Å². The molecular weight excluding hydrogens is 422 g/mol. The van der Waals surface area contributed by atoms with E-state index in [-0.39, 0.29) is 24.9 Å². The number of rotatable bonds is 5. The lowest BCUT2D eigenvalue weighted by atomic mass is 10.1. The van der Waals surface area contributed by atoms with E-state index < -0.39 is 12.2 Å². The first kappa shape index (κ1) is 20.9. The van der Waals surface area contributed by atoms with Crippen molar-refractivity contribution in [2.75, 3.05) is 23.8 Å². The minimum atomic E-state index is -0.550. The molecule has 0 aliphatic carbocycles. The number of ether oxygens (including phenoxy) is 3. The topological polar surface area (TPSA) is 118 Å². The fourth-order valence-electron chi connectivity index (χ4n) is 4.00. The number of carbonyl (C=O) groups excluding carboxylic acids is 1. The molecule has 9 nitrogen and oxygen atoms in total. The molecule has 2 N–H and O–H groups in total. The number of para-hydroxylation sites is 1. The number of amides is 1. The van der Waals surface area contributed by atoms with Crippen molar-refractivity contribution in [3.05, 3.63) is 72.4 Å². The van der Waals surface area contributed by atoms with E-state index in [2.05, 4.69) is 26.7 Å². The molecule has 2 saturated heterocycles. The number of fused-ring (bicyclic) bond motifs is 1. The summed E-state index contributed by atoms with van der Waals surface area (Å²) < 4.78 is 17.3. The zero-order chi connectivity index (χ0) is 22.6. The third kappa shape index (κ3) is 4.62. The van der Waals surface area contributed by atoms with Crippen LogP contribution < -0.4 is 10.6 Å². The Hall–Kier alpha value is -4.00. The summed E-state index contributed by atoms with van der Waals surface area (Å²) in [6.45, 7) is 0.616. The maximum atomic E-state index is 12.2. The SMILES string of the molecule is N#Cc1cccc(-c2ccnc(NC3COC4C(OC(=O)Nc5ccccc5)COC34)n2)c1. The van der Waals surface area contributed by atoms with Crippen LogP contribution in [-0.2, 0) is 14.2 Å². The first-order chi connectivity index (χ1) is 16.2. The van der Waals surface area contributed by atoms with Gasteiger partial charge in [0, 0.05) is 17.4 Å². The second-order valence-corrected chi connectivity index (χ2v) is 7.74. The molecule has 3 heterocycles. The standard InChI is InChI=1S/C24H21N5O4/c25-12-15-5-4-6-16(11-15)18-9-10-26-23(28-18)29-19-13-31-22-20(14-32-21(19)22)33-24(30)27-17-7-2-1-3-8-17/h1-11,19-22H,13-14H2,(H,27,30)(H,26,28,29). The number of nitrogens with one attached hydrogen (secondary N) is 2. The Bertz CT molecular complexity index is 1180. The minimum Gasteiger partial charge on any atom is -0.441 e. The molecule has 4 unspecified atom stereocenters. The Morgan fingerprint density at radius 2 is 1.91 bits per heavy atom. The molecule has 0 spiro atoms. The maximum Gasteiger partial charge on any atom is 0.412 e. The van der Waals surface area contributed by atoms with E-state index in [0.29, 0.717) is 29.5 Å². The highest BCUT2D eigenvalue weighted by molar-refractivity contribution is 5.84. The Balaban J connectivity index is 1.21. The Morgan fingerprint density at radius 1 is 1.06 bits per heavy atom. The van der Waals surface area contributed by atoms with Gasteiger partial charge in [0.2, 0.25) is 5.95 Å². The molecular formula is C24H21N5O4. The zero-order valence-corrected chi connectivity index (χ0v) is 17.5. The van der Waals surface area contributed by atoms with Gasteiger partial charge in [0.15, 0.2) is 6.10 Å². The molecule has 2 fully saturated rings. The van der Waals surface area contributed by atoms with Gasteiger partial charge in [-0.15, -0.1) is 0 Å². The molecule has 166 valence electrons. The Morgan fingerprint density at radius 3 is 2.76 bits per heavy atom. The zero-order valence-electron chi connectivity index (χ0n) is 17.5. The highest BCUT2D eigenvalue weighted by Crippen LogP contribution is 2.31. The van der Waals surface area contributed by atoms with Gasteiger partial charge in [-0.3, -0.25) is 5.32 Å². The third-order valence-corrected chi connectivity index (χ3v) is 5.54. The van der Waals surface area contributed by atoms with E-state index in [9.17, 15) is 4.79 Å². The smallest absolute Gasteiger partial charge is 0.412 e. The predicted molar refractivity (Wildman–Crippen MR) is 119 cm³/mol. The lowest BCUT2D eigenvalue weighted by Crippen LogP contribution is -2.38. The fraction of sp³-hybridized carbons (Fsp3) is 0.250. The second kappa shape index (κ2) is 9.24. The van der Waals surface area contributed by atoms with E-state index in [1.54, 1.807) is 36.5 Å². The van der Waals surface area contributed by atoms with Crippen LogP contribution >= 0.6 is 0 Å². The molecule has 2 aliphatic rings. The number of carbonyl (C=O) groups is 1. The lowest BCUT2D eigenvalue weighted by molar-refractivity contribution is 0.00917. The molecule has 2 aromatic carbocycles. The minimum absolute atomic E-state index is 0.193. The quantitative estimate of drug-likeness (QED) is 0.617. The van der Waals surface area contributed by atoms with Crippen molar-refractivity contribution in [3.63, 3.8) is 0 Å². The fourth-order valence-corrected chi connectivity index (χ4v) is 4.00. The predicted octanol–water partition coefficient (Wildman–Crippen LogP) is 3.21. The van der Waals surface area contributed by atoms with Crippen LogP contribution in [0.15, 0.2) is 66.9 Å². The van der Waals surface area contributed by atoms with Crippen molar-refractivity contribution < 1.29 is 19.0 Å². The molecule has 0 saturated carbocycles. The molecule has 0 radical (unpaired) electrons. The number of hydrogen-bond acceptors (Lipinski definition) is 8. The molecule has 5 rings (SSSR count). The molecule has 33 heavy (non-hydrogen) atoms. The number of hydrogen-bond donors (Lipinski definition) is 2. The summed E-state index contributed by atoms with van der Waals surface area (Å²) in [6.07, 6.45) is -0.0717. The summed E-state index contributed by atoms with van der Waals surface area (Å²) in [7, 11) is 0. The third-order valence-electron chi connectivity index (χ3n) is 5.54. The van der Waals surface area contributed by atoms with Crippen molar-refractivity contribution in [3.8, 4) is 17.3 Å². The van der Waals surface area contributed by atoms with Crippen molar-refractivity contribution in [2.45, 2.75) is 24.4 Å². The summed E-state index contributed by atoms with van der Waals surface area (Å²) in [5, 5.41) is 15.1. The maximum absolute atomic E-state index is 12.2. The van der Waals surface area contributed by atoms with Crippen LogP contribution in [-0.4, -0.2) is 53.6 Å². The first-order valence-corrected chi connectivity index (χ1v) is 10.6. The van der Waals surface area contributed by atoms with Gasteiger partial charge in [-0.05, 0) is 30.3 Å². The normalized spacial score (nSPS) is 23.4. The molecule has 3 aromatic rings. The molecule has 1 aromatic heterocycles. The van der Waals surface area contributed by atoms with Crippen LogP contribution in [0.25, 0.3) is 11.3 Å². The van der Waals surface area contributed by atoms with Crippen LogP contribution in [0, 0.1) is 11.3 Å². The van der Waals surface area contributed by atoms with Crippen LogP contribution in [0.1, 0.15) is 5.56 Å². The van der Waals surface area contributed by atoms with E-state index in [1.165, 1.54) is 0 Å². The van der Waals surface area contributed by atoms with Crippen LogP contribution in [0.4, 0.5) is 16.4 Å². The summed E-state index contributed by atoms with van der Waals surface area (Å²) in [4.78, 5) is 21.1. The summed E-state index contributed by atoms with van der Waals surface area (Å²) in [5.74, 6) is 0.430. The van der Waals surface area contributed by atoms with Gasteiger partial charge in [0.05, 0.1) is 36.6 Å². The van der Waals surface area contributed by atoms with Crippen molar-refractivity contribution in [1.82, 2.24) is 9.97 Å². The van der Waals surface area contributed by atoms with Crippen LogP contribution in [0.5, 0.6) is 0 Å². The molecule has 9 heteroatoms. The van der Waals surface area contributed by atoms with Crippen LogP contribution in [0.2, 0.25) is 0 Å². The van der Waals surface area contributed by atoms with E-state index in [4.69, 9.17) is 19.5 Å². The lowest BCUT2D eigenvalue weighted by Gasteiger charge is -2.18. The number of anilines is 2. The van der Waals surface area contributed by atoms with Gasteiger partial charge in [0.1, 0.15) is 12.2 Å².